The van der Waals surface area contributed by atoms with E-state index < -0.39 is 0 Å². The summed E-state index contributed by atoms with van der Waals surface area (Å²) >= 11 is 0. The lowest BCUT2D eigenvalue weighted by atomic mass is 9.74. The smallest absolute Gasteiger partial charge is 0.131 e. The van der Waals surface area contributed by atoms with Crippen LogP contribution in [0.25, 0.3) is 0 Å². The highest BCUT2D eigenvalue weighted by Crippen LogP contribution is 2.36. The maximum atomic E-state index is 11.6. The lowest BCUT2D eigenvalue weighted by molar-refractivity contribution is -0.909. The monoisotopic (exact) mass is 260 g/mol. The Labute approximate surface area is 117 Å². The summed E-state index contributed by atoms with van der Waals surface area (Å²) in [5.41, 5.74) is 1.28. The molecule has 19 heavy (non-hydrogen) atoms. The van der Waals surface area contributed by atoms with Crippen LogP contribution >= 0.6 is 0 Å². The van der Waals surface area contributed by atoms with E-state index in [0.29, 0.717) is 0 Å². The van der Waals surface area contributed by atoms with Crippen LogP contribution in [0.3, 0.4) is 0 Å². The highest BCUT2D eigenvalue weighted by molar-refractivity contribution is 5.59. The third-order valence-electron chi connectivity index (χ3n) is 4.30. The van der Waals surface area contributed by atoms with Crippen LogP contribution in [0.1, 0.15) is 37.7 Å². The highest BCUT2D eigenvalue weighted by atomic mass is 16.1. The molecule has 0 unspecified atom stereocenters. The Hall–Kier alpha value is -1.15. The molecule has 0 heterocycles. The molecule has 0 saturated heterocycles. The number of hydrogen-bond acceptors (Lipinski definition) is 1. The van der Waals surface area contributed by atoms with Crippen molar-refractivity contribution in [1.82, 2.24) is 0 Å². The van der Waals surface area contributed by atoms with Gasteiger partial charge in [-0.15, -0.1) is 0 Å². The molecular formula is C17H26NO+. The number of hydrogen-bond donors (Lipinski definition) is 0. The third-order valence-corrected chi connectivity index (χ3v) is 4.30. The molecule has 104 valence electrons. The van der Waals surface area contributed by atoms with E-state index in [-0.39, 0.29) is 5.41 Å². The molecule has 2 nitrogen and oxygen atoms in total. The molecular weight excluding hydrogens is 234 g/mol. The second-order valence-electron chi connectivity index (χ2n) is 6.78. The summed E-state index contributed by atoms with van der Waals surface area (Å²) in [6.45, 7) is 1.96. The van der Waals surface area contributed by atoms with Crippen LogP contribution in [-0.2, 0) is 11.3 Å². The van der Waals surface area contributed by atoms with E-state index in [1.54, 1.807) is 0 Å². The number of rotatable bonds is 5. The molecule has 2 heteroatoms. The van der Waals surface area contributed by atoms with Gasteiger partial charge >= 0.3 is 0 Å². The van der Waals surface area contributed by atoms with Crippen molar-refractivity contribution in [3.8, 4) is 0 Å². The number of nitrogens with zero attached hydrogens (tertiary/aromatic N) is 1. The number of benzene rings is 1. The Balaban J connectivity index is 2.04. The van der Waals surface area contributed by atoms with Gasteiger partial charge in [0.15, 0.2) is 0 Å². The molecule has 0 spiro atoms. The van der Waals surface area contributed by atoms with Crippen LogP contribution in [0.15, 0.2) is 30.3 Å². The quantitative estimate of drug-likeness (QED) is 0.585. The minimum Gasteiger partial charge on any atom is -0.324 e. The molecule has 0 aliphatic heterocycles. The second-order valence-corrected chi connectivity index (χ2v) is 6.78. The van der Waals surface area contributed by atoms with Crippen LogP contribution in [0.4, 0.5) is 0 Å². The first kappa shape index (κ1) is 14.3. The largest absolute Gasteiger partial charge is 0.324 e. The molecule has 1 fully saturated rings. The van der Waals surface area contributed by atoms with E-state index in [9.17, 15) is 4.79 Å². The molecule has 0 N–H and O–H groups in total. The molecule has 0 amide bonds. The molecule has 1 aliphatic rings. The Morgan fingerprint density at radius 2 is 1.74 bits per heavy atom. The standard InChI is InChI=1S/C17H26NO/c1-18(2,13-16-9-5-3-6-10-16)14-17(15-19)11-7-4-8-12-17/h3,5-6,9-10,15H,4,7-8,11-14H2,1-2H3/q+1. The second kappa shape index (κ2) is 5.87. The average molecular weight is 260 g/mol. The van der Waals surface area contributed by atoms with Gasteiger partial charge in [-0.25, -0.2) is 0 Å². The van der Waals surface area contributed by atoms with E-state index >= 15 is 0 Å². The van der Waals surface area contributed by atoms with Gasteiger partial charge in [0.05, 0.1) is 26.1 Å². The predicted octanol–water partition coefficient (Wildman–Crippen LogP) is 3.41. The minimum atomic E-state index is -0.0729. The zero-order valence-corrected chi connectivity index (χ0v) is 12.3. The van der Waals surface area contributed by atoms with Crippen molar-refractivity contribution in [2.45, 2.75) is 38.6 Å². The molecule has 0 radical (unpaired) electrons. The molecule has 1 aliphatic carbocycles. The lowest BCUT2D eigenvalue weighted by Crippen LogP contribution is -2.49. The molecule has 0 bridgehead atoms. The first-order valence-electron chi connectivity index (χ1n) is 7.38. The Morgan fingerprint density at radius 1 is 1.11 bits per heavy atom. The molecule has 0 aromatic heterocycles. The lowest BCUT2D eigenvalue weighted by Gasteiger charge is -2.40. The fourth-order valence-corrected chi connectivity index (χ4v) is 3.56. The van der Waals surface area contributed by atoms with Crippen LogP contribution in [-0.4, -0.2) is 31.4 Å². The number of carbonyl (C=O) groups excluding carboxylic acids is 1. The van der Waals surface area contributed by atoms with Gasteiger partial charge in [-0.05, 0) is 12.8 Å². The summed E-state index contributed by atoms with van der Waals surface area (Å²) in [4.78, 5) is 11.6. The van der Waals surface area contributed by atoms with Gasteiger partial charge < -0.3 is 9.28 Å². The van der Waals surface area contributed by atoms with Gasteiger partial charge in [0.2, 0.25) is 0 Å². The number of carbonyl (C=O) groups is 1. The summed E-state index contributed by atoms with van der Waals surface area (Å²) in [5, 5.41) is 0. The topological polar surface area (TPSA) is 17.1 Å². The summed E-state index contributed by atoms with van der Waals surface area (Å²) in [6, 6.07) is 10.6. The van der Waals surface area contributed by atoms with Gasteiger partial charge in [-0.1, -0.05) is 49.6 Å². The normalized spacial score (nSPS) is 19.1. The van der Waals surface area contributed by atoms with E-state index in [1.807, 2.05) is 0 Å². The van der Waals surface area contributed by atoms with Crippen molar-refractivity contribution in [1.29, 1.82) is 0 Å². The van der Waals surface area contributed by atoms with Crippen LogP contribution < -0.4 is 0 Å². The maximum Gasteiger partial charge on any atom is 0.131 e. The fraction of sp³-hybridized carbons (Fsp3) is 0.588. The van der Waals surface area contributed by atoms with Crippen molar-refractivity contribution in [3.63, 3.8) is 0 Å². The summed E-state index contributed by atoms with van der Waals surface area (Å²) in [6.07, 6.45) is 7.12. The molecule has 1 aromatic rings. The van der Waals surface area contributed by atoms with E-state index in [0.717, 1.165) is 30.4 Å². The van der Waals surface area contributed by atoms with Crippen LogP contribution in [0, 0.1) is 5.41 Å². The van der Waals surface area contributed by atoms with Gasteiger partial charge in [0.25, 0.3) is 0 Å². The van der Waals surface area contributed by atoms with Crippen molar-refractivity contribution < 1.29 is 9.28 Å². The van der Waals surface area contributed by atoms with Gasteiger partial charge in [-0.2, -0.15) is 0 Å². The zero-order valence-electron chi connectivity index (χ0n) is 12.3. The van der Waals surface area contributed by atoms with Gasteiger partial charge in [-0.3, -0.25) is 0 Å². The van der Waals surface area contributed by atoms with Crippen LogP contribution in [0.5, 0.6) is 0 Å². The van der Waals surface area contributed by atoms with Crippen molar-refractivity contribution in [2.75, 3.05) is 20.6 Å². The Bertz CT molecular complexity index is 405. The summed E-state index contributed by atoms with van der Waals surface area (Å²) < 4.78 is 0.892. The highest BCUT2D eigenvalue weighted by Gasteiger charge is 2.38. The molecule has 1 saturated carbocycles. The first-order chi connectivity index (χ1) is 9.05. The summed E-state index contributed by atoms with van der Waals surface area (Å²) in [7, 11) is 4.49. The van der Waals surface area contributed by atoms with Crippen molar-refractivity contribution >= 4 is 6.29 Å². The minimum absolute atomic E-state index is 0.0729. The SMILES string of the molecule is C[N+](C)(Cc1ccccc1)CC1(C=O)CCCCC1. The van der Waals surface area contributed by atoms with E-state index in [1.165, 1.54) is 31.1 Å². The van der Waals surface area contributed by atoms with Gasteiger partial charge in [0, 0.05) is 5.56 Å². The van der Waals surface area contributed by atoms with E-state index in [2.05, 4.69) is 44.4 Å². The van der Waals surface area contributed by atoms with Crippen molar-refractivity contribution in [3.05, 3.63) is 35.9 Å². The predicted molar refractivity (Wildman–Crippen MR) is 78.7 cm³/mol. The first-order valence-corrected chi connectivity index (χ1v) is 7.38. The summed E-state index contributed by atoms with van der Waals surface area (Å²) in [5.74, 6) is 0. The zero-order chi connectivity index (χ0) is 13.8. The third kappa shape index (κ3) is 3.90. The fourth-order valence-electron chi connectivity index (χ4n) is 3.56. The molecule has 1 aromatic carbocycles. The molecule has 0 atom stereocenters. The Morgan fingerprint density at radius 3 is 2.32 bits per heavy atom. The number of quaternary nitrogens is 1. The molecule has 2 rings (SSSR count). The Kier molecular flexibility index (Phi) is 4.41. The number of aldehydes is 1. The maximum absolute atomic E-state index is 11.6. The van der Waals surface area contributed by atoms with Crippen molar-refractivity contribution in [2.24, 2.45) is 5.41 Å². The van der Waals surface area contributed by atoms with Crippen LogP contribution in [0.2, 0.25) is 0 Å². The van der Waals surface area contributed by atoms with Gasteiger partial charge in [0.1, 0.15) is 12.8 Å². The average Bonchev–Trinajstić information content (AvgIpc) is 2.40. The van der Waals surface area contributed by atoms with E-state index in [4.69, 9.17) is 0 Å².